The predicted molar refractivity (Wildman–Crippen MR) is 196 cm³/mol. The summed E-state index contributed by atoms with van der Waals surface area (Å²) in [6.07, 6.45) is 1.82. The summed E-state index contributed by atoms with van der Waals surface area (Å²) in [5.41, 5.74) is 3.35. The van der Waals surface area contributed by atoms with Crippen molar-refractivity contribution in [3.8, 4) is 5.75 Å². The topological polar surface area (TPSA) is 164 Å². The van der Waals surface area contributed by atoms with Crippen LogP contribution >= 0.6 is 0 Å². The molecule has 4 aromatic carbocycles. The number of rotatable bonds is 13. The van der Waals surface area contributed by atoms with Crippen molar-refractivity contribution in [2.45, 2.75) is 56.0 Å². The minimum absolute atomic E-state index is 0.0533. The van der Waals surface area contributed by atoms with Crippen LogP contribution in [0.3, 0.4) is 0 Å². The molecule has 11 nitrogen and oxygen atoms in total. The van der Waals surface area contributed by atoms with E-state index in [1.54, 1.807) is 36.4 Å². The average Bonchev–Trinajstić information content (AvgIpc) is 3.59. The first-order chi connectivity index (χ1) is 25.7. The number of phenolic OH excluding ortho intramolecular Hbond substituents is 1. The Balaban J connectivity index is 1.29. The van der Waals surface area contributed by atoms with Crippen LogP contribution in [0, 0.1) is 0 Å². The lowest BCUT2D eigenvalue weighted by Crippen LogP contribution is -2.54. The minimum atomic E-state index is -1.41. The summed E-state index contributed by atoms with van der Waals surface area (Å²) in [7, 11) is 0. The molecule has 53 heavy (non-hydrogen) atoms. The fourth-order valence-corrected chi connectivity index (χ4v) is 6.50. The second-order valence-corrected chi connectivity index (χ2v) is 12.9. The van der Waals surface area contributed by atoms with E-state index in [1.807, 2.05) is 91.0 Å². The number of nitrogens with one attached hydrogen (secondary N) is 2. The number of esters is 1. The van der Waals surface area contributed by atoms with Crippen molar-refractivity contribution < 1.29 is 43.9 Å². The number of phenols is 1. The van der Waals surface area contributed by atoms with Crippen LogP contribution in [-0.4, -0.2) is 76.7 Å². The Hall–Kier alpha value is -5.59. The lowest BCUT2D eigenvalue weighted by Gasteiger charge is -2.31. The van der Waals surface area contributed by atoms with E-state index in [1.165, 1.54) is 6.92 Å². The van der Waals surface area contributed by atoms with Crippen molar-refractivity contribution in [1.29, 1.82) is 0 Å². The summed E-state index contributed by atoms with van der Waals surface area (Å²) in [5.74, 6) is -3.17. The number of hydrogen-bond acceptors (Lipinski definition) is 9. The molecule has 0 spiro atoms. The number of allylic oxidation sites excluding steroid dienone is 1. The van der Waals surface area contributed by atoms with E-state index in [4.69, 9.17) is 19.3 Å². The molecule has 5 atom stereocenters. The quantitative estimate of drug-likeness (QED) is 0.128. The van der Waals surface area contributed by atoms with E-state index in [2.05, 4.69) is 10.6 Å². The highest BCUT2D eigenvalue weighted by atomic mass is 16.8. The van der Waals surface area contributed by atoms with Gasteiger partial charge >= 0.3 is 5.97 Å². The van der Waals surface area contributed by atoms with Crippen LogP contribution in [0.25, 0.3) is 6.08 Å². The number of para-hydroxylation sites is 1. The van der Waals surface area contributed by atoms with Gasteiger partial charge in [0.15, 0.2) is 0 Å². The molecule has 11 heteroatoms. The third-order valence-electron chi connectivity index (χ3n) is 9.16. The van der Waals surface area contributed by atoms with Crippen molar-refractivity contribution in [1.82, 2.24) is 10.6 Å². The van der Waals surface area contributed by atoms with Gasteiger partial charge in [0, 0.05) is 29.7 Å². The second-order valence-electron chi connectivity index (χ2n) is 12.9. The average molecular weight is 719 g/mol. The summed E-state index contributed by atoms with van der Waals surface area (Å²) in [6, 6.07) is 31.4. The first kappa shape index (κ1) is 37.2. The molecule has 0 bridgehead atoms. The number of amides is 2. The first-order valence-corrected chi connectivity index (χ1v) is 17.5. The van der Waals surface area contributed by atoms with Crippen molar-refractivity contribution in [3.05, 3.63) is 155 Å². The normalized spacial score (nSPS) is 20.1. The molecule has 0 radical (unpaired) electrons. The Morgan fingerprint density at radius 1 is 0.925 bits per heavy atom. The van der Waals surface area contributed by atoms with Gasteiger partial charge in [0.05, 0.1) is 18.3 Å². The zero-order valence-corrected chi connectivity index (χ0v) is 29.1. The molecule has 2 aliphatic rings. The van der Waals surface area contributed by atoms with Crippen molar-refractivity contribution in [3.63, 3.8) is 0 Å². The van der Waals surface area contributed by atoms with Gasteiger partial charge in [-0.15, -0.1) is 0 Å². The number of aromatic hydroxyl groups is 1. The summed E-state index contributed by atoms with van der Waals surface area (Å²) < 4.78 is 19.7. The number of carbonyl (C=O) groups is 3. The maximum atomic E-state index is 13.8. The fourth-order valence-electron chi connectivity index (χ4n) is 6.50. The Bertz CT molecular complexity index is 1920. The Labute approximate surface area is 307 Å². The third-order valence-corrected chi connectivity index (χ3v) is 9.16. The number of benzene rings is 4. The smallest absolute Gasteiger partial charge is 0.338 e. The van der Waals surface area contributed by atoms with Crippen LogP contribution in [0.2, 0.25) is 0 Å². The summed E-state index contributed by atoms with van der Waals surface area (Å²) >= 11 is 0. The van der Waals surface area contributed by atoms with Gasteiger partial charge in [-0.2, -0.15) is 0 Å². The molecule has 1 fully saturated rings. The van der Waals surface area contributed by atoms with Crippen LogP contribution in [0.5, 0.6) is 5.75 Å². The molecule has 274 valence electrons. The predicted octanol–water partition coefficient (Wildman–Crippen LogP) is 4.16. The summed E-state index contributed by atoms with van der Waals surface area (Å²) in [5, 5.41) is 34.7. The molecule has 1 aliphatic heterocycles. The van der Waals surface area contributed by atoms with Gasteiger partial charge in [-0.05, 0) is 48.7 Å². The van der Waals surface area contributed by atoms with Gasteiger partial charge in [0.1, 0.15) is 30.1 Å². The fraction of sp³-hybridized carbons (Fsp3) is 0.262. The molecule has 0 unspecified atom stereocenters. The van der Waals surface area contributed by atoms with E-state index in [0.717, 1.165) is 11.1 Å². The molecule has 1 aliphatic carbocycles. The number of fused-ring (bicyclic) bond motifs is 1. The molecule has 0 aromatic heterocycles. The van der Waals surface area contributed by atoms with E-state index in [9.17, 15) is 24.6 Å². The molecular weight excluding hydrogens is 676 g/mol. The van der Waals surface area contributed by atoms with Crippen LogP contribution < -0.4 is 10.6 Å². The Morgan fingerprint density at radius 2 is 1.60 bits per heavy atom. The number of aliphatic hydroxyl groups is 2. The SMILES string of the molecule is C[C@H](O)[C@@H](NC(=O)C1=C[C@H]2OC(c3ccccc3)(c3ccccc3)O[C@H]2[C@H](OC(=O)c2cccc(C=CCc3ccccc3O)c2)C1)C(=O)NCCO. The monoisotopic (exact) mass is 718 g/mol. The van der Waals surface area contributed by atoms with Gasteiger partial charge in [-0.25, -0.2) is 4.79 Å². The number of ether oxygens (including phenoxy) is 3. The summed E-state index contributed by atoms with van der Waals surface area (Å²) in [6.45, 7) is 1.01. The first-order valence-electron chi connectivity index (χ1n) is 17.5. The standard InChI is InChI=1S/C42H42N2O9/c1-27(46)37(40(49)43-22-23-45)44-39(48)31-25-35(51-41(50)30-16-11-13-28(24-30)12-10-15-29-14-8-9-21-34(29)47)38-36(26-31)52-42(53-38,32-17-4-2-5-18-32)33-19-6-3-7-20-33/h2-14,16-21,24,26-27,35-38,45-47H,15,22-23,25H2,1H3,(H,43,49)(H,44,48)/t27-,35+,36+,37+,38-/m0/s1. The van der Waals surface area contributed by atoms with Crippen molar-refractivity contribution in [2.75, 3.05) is 13.2 Å². The molecule has 0 saturated carbocycles. The van der Waals surface area contributed by atoms with Crippen LogP contribution in [-0.2, 0) is 36.0 Å². The molecule has 4 aromatic rings. The van der Waals surface area contributed by atoms with Gasteiger partial charge < -0.3 is 40.2 Å². The van der Waals surface area contributed by atoms with Gasteiger partial charge in [0.25, 0.3) is 0 Å². The largest absolute Gasteiger partial charge is 0.508 e. The van der Waals surface area contributed by atoms with Gasteiger partial charge in [-0.3, -0.25) is 9.59 Å². The Morgan fingerprint density at radius 3 is 2.26 bits per heavy atom. The molecule has 2 amide bonds. The van der Waals surface area contributed by atoms with Crippen LogP contribution in [0.15, 0.2) is 127 Å². The maximum absolute atomic E-state index is 13.8. The van der Waals surface area contributed by atoms with Crippen molar-refractivity contribution in [2.24, 2.45) is 0 Å². The van der Waals surface area contributed by atoms with E-state index >= 15 is 0 Å². The second kappa shape index (κ2) is 16.8. The molecule has 1 saturated heterocycles. The van der Waals surface area contributed by atoms with Crippen LogP contribution in [0.1, 0.15) is 46.0 Å². The van der Waals surface area contributed by atoms with Crippen molar-refractivity contribution >= 4 is 23.9 Å². The molecule has 1 heterocycles. The molecule has 5 N–H and O–H groups in total. The molecular formula is C42H42N2O9. The zero-order chi connectivity index (χ0) is 37.4. The lowest BCUT2D eigenvalue weighted by atomic mass is 9.91. The summed E-state index contributed by atoms with van der Waals surface area (Å²) in [4.78, 5) is 40.3. The highest BCUT2D eigenvalue weighted by Gasteiger charge is 2.55. The highest BCUT2D eigenvalue weighted by molar-refractivity contribution is 5.97. The highest BCUT2D eigenvalue weighted by Crippen LogP contribution is 2.47. The Kier molecular flexibility index (Phi) is 11.8. The van der Waals surface area contributed by atoms with Gasteiger partial charge in [-0.1, -0.05) is 103 Å². The van der Waals surface area contributed by atoms with E-state index < -0.39 is 54.0 Å². The number of aliphatic hydroxyl groups excluding tert-OH is 2. The minimum Gasteiger partial charge on any atom is -0.508 e. The number of carbonyl (C=O) groups excluding carboxylic acids is 3. The van der Waals surface area contributed by atoms with E-state index in [0.29, 0.717) is 17.5 Å². The van der Waals surface area contributed by atoms with E-state index in [-0.39, 0.29) is 36.5 Å². The number of hydrogen-bond donors (Lipinski definition) is 5. The lowest BCUT2D eigenvalue weighted by molar-refractivity contribution is -0.157. The molecule has 6 rings (SSSR count). The third kappa shape index (κ3) is 8.56. The maximum Gasteiger partial charge on any atom is 0.338 e. The van der Waals surface area contributed by atoms with Crippen LogP contribution in [0.4, 0.5) is 0 Å². The van der Waals surface area contributed by atoms with Gasteiger partial charge in [0.2, 0.25) is 17.6 Å². The zero-order valence-electron chi connectivity index (χ0n) is 29.1.